The third kappa shape index (κ3) is 4.66. The van der Waals surface area contributed by atoms with Gasteiger partial charge < -0.3 is 4.74 Å². The van der Waals surface area contributed by atoms with Crippen LogP contribution in [0.3, 0.4) is 0 Å². The van der Waals surface area contributed by atoms with E-state index in [1.807, 2.05) is 37.3 Å². The molecule has 1 aromatic rings. The van der Waals surface area contributed by atoms with Crippen LogP contribution in [0.1, 0.15) is 19.4 Å². The lowest BCUT2D eigenvalue weighted by molar-refractivity contribution is -0.139. The predicted molar refractivity (Wildman–Crippen MR) is 61.7 cm³/mol. The largest absolute Gasteiger partial charge is 0.461 e. The van der Waals surface area contributed by atoms with Crippen LogP contribution in [0.5, 0.6) is 0 Å². The van der Waals surface area contributed by atoms with Crippen LogP contribution < -0.4 is 0 Å². The average molecular weight is 225 g/mol. The first-order chi connectivity index (χ1) is 7.08. The number of esters is 1. The lowest BCUT2D eigenvalue weighted by Gasteiger charge is -2.02. The van der Waals surface area contributed by atoms with Crippen molar-refractivity contribution in [1.82, 2.24) is 0 Å². The molecule has 0 aliphatic carbocycles. The zero-order valence-electron chi connectivity index (χ0n) is 8.79. The third-order valence-electron chi connectivity index (χ3n) is 1.79. The summed E-state index contributed by atoms with van der Waals surface area (Å²) < 4.78 is 4.87. The Hall–Kier alpha value is -1.28. The van der Waals surface area contributed by atoms with Crippen molar-refractivity contribution in [2.45, 2.75) is 13.8 Å². The molecule has 0 saturated heterocycles. The van der Waals surface area contributed by atoms with E-state index in [1.165, 1.54) is 6.92 Å². The lowest BCUT2D eigenvalue weighted by Crippen LogP contribution is -2.01. The molecule has 0 atom stereocenters. The van der Waals surface area contributed by atoms with Crippen LogP contribution in [0.15, 0.2) is 29.8 Å². The summed E-state index contributed by atoms with van der Waals surface area (Å²) in [5.41, 5.74) is 2.04. The van der Waals surface area contributed by atoms with Crippen molar-refractivity contribution >= 4 is 23.6 Å². The number of carbonyl (C=O) groups excluding carboxylic acids is 1. The molecule has 0 fully saturated rings. The number of carbonyl (C=O) groups is 1. The first-order valence-corrected chi connectivity index (χ1v) is 5.02. The Kier molecular flexibility index (Phi) is 4.37. The molecule has 3 heteroatoms. The maximum Gasteiger partial charge on any atom is 0.302 e. The number of benzene rings is 1. The molecule has 15 heavy (non-hydrogen) atoms. The standard InChI is InChI=1S/C12H13ClO2/c1-9(8-15-10(2)14)7-11-3-5-12(13)6-4-11/h3-7H,8H2,1-2H3. The van der Waals surface area contributed by atoms with E-state index in [0.717, 1.165) is 11.1 Å². The Balaban J connectivity index is 2.62. The molecule has 0 spiro atoms. The Bertz CT molecular complexity index is 366. The van der Waals surface area contributed by atoms with Gasteiger partial charge in [-0.1, -0.05) is 29.8 Å². The van der Waals surface area contributed by atoms with Crippen LogP contribution >= 0.6 is 11.6 Å². The van der Waals surface area contributed by atoms with E-state index in [0.29, 0.717) is 11.6 Å². The molecule has 2 nitrogen and oxygen atoms in total. The number of rotatable bonds is 3. The zero-order chi connectivity index (χ0) is 11.3. The topological polar surface area (TPSA) is 26.3 Å². The van der Waals surface area contributed by atoms with Crippen LogP contribution in [0, 0.1) is 0 Å². The van der Waals surface area contributed by atoms with Crippen LogP contribution in [0.25, 0.3) is 6.08 Å². The van der Waals surface area contributed by atoms with Gasteiger partial charge in [0.25, 0.3) is 0 Å². The van der Waals surface area contributed by atoms with Gasteiger partial charge in [0, 0.05) is 11.9 Å². The summed E-state index contributed by atoms with van der Waals surface area (Å²) in [4.78, 5) is 10.6. The summed E-state index contributed by atoms with van der Waals surface area (Å²) >= 11 is 5.76. The van der Waals surface area contributed by atoms with Gasteiger partial charge in [-0.3, -0.25) is 4.79 Å². The summed E-state index contributed by atoms with van der Waals surface area (Å²) in [6, 6.07) is 7.48. The van der Waals surface area contributed by atoms with Crippen LogP contribution in [-0.2, 0) is 9.53 Å². The Labute approximate surface area is 94.5 Å². The van der Waals surface area contributed by atoms with E-state index in [-0.39, 0.29) is 5.97 Å². The smallest absolute Gasteiger partial charge is 0.302 e. The van der Waals surface area contributed by atoms with Gasteiger partial charge in [-0.05, 0) is 30.2 Å². The Morgan fingerprint density at radius 1 is 1.33 bits per heavy atom. The monoisotopic (exact) mass is 224 g/mol. The minimum Gasteiger partial charge on any atom is -0.461 e. The summed E-state index contributed by atoms with van der Waals surface area (Å²) in [6.45, 7) is 3.64. The molecule has 0 N–H and O–H groups in total. The van der Waals surface area contributed by atoms with Crippen molar-refractivity contribution in [1.29, 1.82) is 0 Å². The second kappa shape index (κ2) is 5.56. The summed E-state index contributed by atoms with van der Waals surface area (Å²) in [5, 5.41) is 0.713. The van der Waals surface area contributed by atoms with Crippen LogP contribution in [0.4, 0.5) is 0 Å². The number of halogens is 1. The van der Waals surface area contributed by atoms with Gasteiger partial charge in [-0.2, -0.15) is 0 Å². The molecule has 0 radical (unpaired) electrons. The van der Waals surface area contributed by atoms with Crippen molar-refractivity contribution in [3.63, 3.8) is 0 Å². The minimum absolute atomic E-state index is 0.265. The molecule has 0 bridgehead atoms. The third-order valence-corrected chi connectivity index (χ3v) is 2.04. The lowest BCUT2D eigenvalue weighted by atomic mass is 10.1. The fourth-order valence-corrected chi connectivity index (χ4v) is 1.23. The molecule has 1 rings (SSSR count). The van der Waals surface area contributed by atoms with Gasteiger partial charge in [-0.25, -0.2) is 0 Å². The zero-order valence-corrected chi connectivity index (χ0v) is 9.54. The summed E-state index contributed by atoms with van der Waals surface area (Å²) in [7, 11) is 0. The van der Waals surface area contributed by atoms with Crippen molar-refractivity contribution in [2.75, 3.05) is 6.61 Å². The molecular weight excluding hydrogens is 212 g/mol. The van der Waals surface area contributed by atoms with Crippen molar-refractivity contribution in [3.8, 4) is 0 Å². The highest BCUT2D eigenvalue weighted by molar-refractivity contribution is 6.30. The molecule has 0 aromatic heterocycles. The van der Waals surface area contributed by atoms with Gasteiger partial charge in [-0.15, -0.1) is 0 Å². The van der Waals surface area contributed by atoms with E-state index in [2.05, 4.69) is 0 Å². The van der Waals surface area contributed by atoms with E-state index in [1.54, 1.807) is 0 Å². The number of hydrogen-bond acceptors (Lipinski definition) is 2. The fourth-order valence-electron chi connectivity index (χ4n) is 1.10. The maximum atomic E-state index is 10.6. The van der Waals surface area contributed by atoms with Crippen LogP contribution in [0.2, 0.25) is 5.02 Å². The second-order valence-electron chi connectivity index (χ2n) is 3.32. The first-order valence-electron chi connectivity index (χ1n) is 4.64. The van der Waals surface area contributed by atoms with Crippen LogP contribution in [-0.4, -0.2) is 12.6 Å². The van der Waals surface area contributed by atoms with E-state index in [4.69, 9.17) is 16.3 Å². The van der Waals surface area contributed by atoms with Crippen molar-refractivity contribution in [2.24, 2.45) is 0 Å². The highest BCUT2D eigenvalue weighted by Gasteiger charge is 1.95. The van der Waals surface area contributed by atoms with Gasteiger partial charge in [0.05, 0.1) is 0 Å². The maximum absolute atomic E-state index is 10.6. The van der Waals surface area contributed by atoms with Gasteiger partial charge >= 0.3 is 5.97 Å². The molecule has 1 aromatic carbocycles. The molecule has 0 saturated carbocycles. The van der Waals surface area contributed by atoms with E-state index < -0.39 is 0 Å². The normalized spacial score (nSPS) is 11.3. The molecule has 0 heterocycles. The average Bonchev–Trinajstić information content (AvgIpc) is 2.19. The summed E-state index contributed by atoms with van der Waals surface area (Å²) in [6.07, 6.45) is 1.96. The summed E-state index contributed by atoms with van der Waals surface area (Å²) in [5.74, 6) is -0.265. The number of ether oxygens (including phenoxy) is 1. The Morgan fingerprint density at radius 3 is 2.47 bits per heavy atom. The van der Waals surface area contributed by atoms with E-state index >= 15 is 0 Å². The molecule has 0 unspecified atom stereocenters. The molecule has 80 valence electrons. The quantitative estimate of drug-likeness (QED) is 0.737. The fraction of sp³-hybridized carbons (Fsp3) is 0.250. The minimum atomic E-state index is -0.265. The Morgan fingerprint density at radius 2 is 1.93 bits per heavy atom. The molecule has 0 aliphatic rings. The second-order valence-corrected chi connectivity index (χ2v) is 3.76. The van der Waals surface area contributed by atoms with Gasteiger partial charge in [0.15, 0.2) is 0 Å². The highest BCUT2D eigenvalue weighted by atomic mass is 35.5. The highest BCUT2D eigenvalue weighted by Crippen LogP contribution is 2.12. The number of hydrogen-bond donors (Lipinski definition) is 0. The van der Waals surface area contributed by atoms with Crippen molar-refractivity contribution in [3.05, 3.63) is 40.4 Å². The molecule has 0 amide bonds. The van der Waals surface area contributed by atoms with Crippen molar-refractivity contribution < 1.29 is 9.53 Å². The molecule has 0 aliphatic heterocycles. The SMILES string of the molecule is CC(=O)OCC(C)=Cc1ccc(Cl)cc1. The van der Waals surface area contributed by atoms with Gasteiger partial charge in [0.1, 0.15) is 6.61 Å². The molecular formula is C12H13ClO2. The predicted octanol–water partition coefficient (Wildman–Crippen LogP) is 3.31. The van der Waals surface area contributed by atoms with E-state index in [9.17, 15) is 4.79 Å². The van der Waals surface area contributed by atoms with Gasteiger partial charge in [0.2, 0.25) is 0 Å². The first kappa shape index (κ1) is 11.8.